The molecule has 0 fully saturated rings. The fourth-order valence-corrected chi connectivity index (χ4v) is 2.95. The predicted octanol–water partition coefficient (Wildman–Crippen LogP) is 2.03. The van der Waals surface area contributed by atoms with Gasteiger partial charge in [-0.15, -0.1) is 0 Å². The van der Waals surface area contributed by atoms with E-state index in [1.807, 2.05) is 44.2 Å². The Kier molecular flexibility index (Phi) is 5.92. The molecule has 0 saturated carbocycles. The van der Waals surface area contributed by atoms with Crippen molar-refractivity contribution in [2.75, 3.05) is 6.54 Å². The second kappa shape index (κ2) is 8.55. The van der Waals surface area contributed by atoms with Crippen molar-refractivity contribution < 1.29 is 9.59 Å². The molecule has 0 saturated heterocycles. The fourth-order valence-electron chi connectivity index (χ4n) is 2.95. The van der Waals surface area contributed by atoms with Crippen molar-refractivity contribution in [3.05, 3.63) is 63.9 Å². The first-order chi connectivity index (χ1) is 13.9. The van der Waals surface area contributed by atoms with E-state index in [1.54, 1.807) is 19.1 Å². The number of aromatic nitrogens is 2. The Labute approximate surface area is 167 Å². The van der Waals surface area contributed by atoms with Crippen molar-refractivity contribution in [2.45, 2.75) is 27.3 Å². The summed E-state index contributed by atoms with van der Waals surface area (Å²) in [5, 5.41) is 8.14. The van der Waals surface area contributed by atoms with Crippen molar-refractivity contribution in [1.82, 2.24) is 25.9 Å². The highest BCUT2D eigenvalue weighted by molar-refractivity contribution is 5.94. The highest BCUT2D eigenvalue weighted by atomic mass is 16.2. The lowest BCUT2D eigenvalue weighted by atomic mass is 10.0. The van der Waals surface area contributed by atoms with Crippen molar-refractivity contribution >= 4 is 22.7 Å². The van der Waals surface area contributed by atoms with Gasteiger partial charge < -0.3 is 5.32 Å². The second-order valence-corrected chi connectivity index (χ2v) is 6.69. The highest BCUT2D eigenvalue weighted by Gasteiger charge is 2.15. The number of nitrogens with zero attached hydrogens (tertiary/aromatic N) is 2. The van der Waals surface area contributed by atoms with Crippen molar-refractivity contribution in [1.29, 1.82) is 0 Å². The zero-order valence-electron chi connectivity index (χ0n) is 16.6. The monoisotopic (exact) mass is 393 g/mol. The van der Waals surface area contributed by atoms with Gasteiger partial charge in [0.05, 0.1) is 11.1 Å². The van der Waals surface area contributed by atoms with E-state index in [0.29, 0.717) is 17.6 Å². The topological polar surface area (TPSA) is 105 Å². The van der Waals surface area contributed by atoms with Gasteiger partial charge >= 0.3 is 6.03 Å². The largest absolute Gasteiger partial charge is 0.337 e. The number of rotatable bonds is 4. The SMILES string of the molecule is CCNC(=O)NNC(=O)Cn1nc(-c2ccc(C)c(C)c2)c2ccccc2c1=O. The molecule has 3 amide bonds. The van der Waals surface area contributed by atoms with Gasteiger partial charge in [0, 0.05) is 17.5 Å². The molecule has 0 radical (unpaired) electrons. The fraction of sp³-hybridized carbons (Fsp3) is 0.238. The second-order valence-electron chi connectivity index (χ2n) is 6.69. The normalized spacial score (nSPS) is 10.6. The maximum Gasteiger partial charge on any atom is 0.333 e. The number of benzene rings is 2. The molecular formula is C21H23N5O3. The summed E-state index contributed by atoms with van der Waals surface area (Å²) in [7, 11) is 0. The molecule has 0 spiro atoms. The van der Waals surface area contributed by atoms with Crippen LogP contribution in [0.1, 0.15) is 18.1 Å². The minimum atomic E-state index is -0.563. The molecule has 3 N–H and O–H groups in total. The molecular weight excluding hydrogens is 370 g/mol. The van der Waals surface area contributed by atoms with Crippen LogP contribution in [0.5, 0.6) is 0 Å². The van der Waals surface area contributed by atoms with E-state index >= 15 is 0 Å². The van der Waals surface area contributed by atoms with Crippen LogP contribution in [-0.2, 0) is 11.3 Å². The Morgan fingerprint density at radius 1 is 1.00 bits per heavy atom. The summed E-state index contributed by atoms with van der Waals surface area (Å²) < 4.78 is 1.11. The van der Waals surface area contributed by atoms with Crippen LogP contribution in [0.15, 0.2) is 47.3 Å². The third kappa shape index (κ3) is 4.43. The van der Waals surface area contributed by atoms with Gasteiger partial charge in [0.25, 0.3) is 11.5 Å². The van der Waals surface area contributed by atoms with Gasteiger partial charge in [0.1, 0.15) is 6.54 Å². The van der Waals surface area contributed by atoms with Crippen molar-refractivity contribution in [2.24, 2.45) is 0 Å². The summed E-state index contributed by atoms with van der Waals surface area (Å²) in [4.78, 5) is 36.5. The van der Waals surface area contributed by atoms with Gasteiger partial charge in [-0.1, -0.05) is 30.3 Å². The standard InChI is InChI=1S/C21H23N5O3/c1-4-22-21(29)24-23-18(27)12-26-20(28)17-8-6-5-7-16(17)19(25-26)15-10-9-13(2)14(3)11-15/h5-11H,4,12H2,1-3H3,(H,23,27)(H2,22,24,29). The molecule has 3 rings (SSSR count). The maximum atomic E-state index is 12.8. The first-order valence-corrected chi connectivity index (χ1v) is 9.31. The molecule has 8 nitrogen and oxygen atoms in total. The van der Waals surface area contributed by atoms with Crippen molar-refractivity contribution in [3.63, 3.8) is 0 Å². The maximum absolute atomic E-state index is 12.8. The molecule has 29 heavy (non-hydrogen) atoms. The third-order valence-electron chi connectivity index (χ3n) is 4.59. The number of aryl methyl sites for hydroxylation is 2. The van der Waals surface area contributed by atoms with Crippen LogP contribution < -0.4 is 21.7 Å². The molecule has 1 heterocycles. The summed E-state index contributed by atoms with van der Waals surface area (Å²) in [6, 6.07) is 12.6. The van der Waals surface area contributed by atoms with Crippen LogP contribution in [0.25, 0.3) is 22.0 Å². The zero-order chi connectivity index (χ0) is 21.0. The Balaban J connectivity index is 1.99. The lowest BCUT2D eigenvalue weighted by Gasteiger charge is -2.13. The van der Waals surface area contributed by atoms with Gasteiger partial charge in [0.15, 0.2) is 0 Å². The number of carbonyl (C=O) groups is 2. The van der Waals surface area contributed by atoms with Gasteiger partial charge in [-0.05, 0) is 44.0 Å². The highest BCUT2D eigenvalue weighted by Crippen LogP contribution is 2.26. The number of amides is 3. The first kappa shape index (κ1) is 20.1. The average molecular weight is 393 g/mol. The molecule has 0 bridgehead atoms. The van der Waals surface area contributed by atoms with Crippen LogP contribution >= 0.6 is 0 Å². The van der Waals surface area contributed by atoms with Crippen molar-refractivity contribution in [3.8, 4) is 11.3 Å². The van der Waals surface area contributed by atoms with Gasteiger partial charge in [0.2, 0.25) is 0 Å². The molecule has 1 aromatic heterocycles. The predicted molar refractivity (Wildman–Crippen MR) is 111 cm³/mol. The third-order valence-corrected chi connectivity index (χ3v) is 4.59. The van der Waals surface area contributed by atoms with E-state index in [4.69, 9.17) is 0 Å². The molecule has 0 unspecified atom stereocenters. The quantitative estimate of drug-likeness (QED) is 0.590. The van der Waals surface area contributed by atoms with E-state index in [0.717, 1.165) is 26.8 Å². The Hall–Kier alpha value is -3.68. The summed E-state index contributed by atoms with van der Waals surface area (Å²) >= 11 is 0. The number of nitrogens with one attached hydrogen (secondary N) is 3. The number of carbonyl (C=O) groups excluding carboxylic acids is 2. The molecule has 8 heteroatoms. The lowest BCUT2D eigenvalue weighted by molar-refractivity contribution is -0.122. The first-order valence-electron chi connectivity index (χ1n) is 9.31. The molecule has 3 aromatic rings. The summed E-state index contributed by atoms with van der Waals surface area (Å²) in [5.74, 6) is -0.563. The zero-order valence-corrected chi connectivity index (χ0v) is 16.6. The number of urea groups is 1. The van der Waals surface area contributed by atoms with Gasteiger partial charge in [-0.3, -0.25) is 15.0 Å². The van der Waals surface area contributed by atoms with E-state index in [2.05, 4.69) is 21.3 Å². The van der Waals surface area contributed by atoms with Crippen LogP contribution in [-0.4, -0.2) is 28.3 Å². The molecule has 150 valence electrons. The smallest absolute Gasteiger partial charge is 0.333 e. The lowest BCUT2D eigenvalue weighted by Crippen LogP contribution is -2.48. The molecule has 0 aliphatic heterocycles. The van der Waals surface area contributed by atoms with Crippen LogP contribution in [0.3, 0.4) is 0 Å². The average Bonchev–Trinajstić information content (AvgIpc) is 2.71. The number of hydrogen-bond acceptors (Lipinski definition) is 4. The minimum absolute atomic E-state index is 0.325. The van der Waals surface area contributed by atoms with E-state index < -0.39 is 11.9 Å². The minimum Gasteiger partial charge on any atom is -0.337 e. The van der Waals surface area contributed by atoms with Crippen LogP contribution in [0.4, 0.5) is 4.79 Å². The van der Waals surface area contributed by atoms with E-state index in [-0.39, 0.29) is 12.1 Å². The summed E-state index contributed by atoms with van der Waals surface area (Å²) in [6.45, 7) is 5.89. The number of fused-ring (bicyclic) bond motifs is 1. The van der Waals surface area contributed by atoms with Gasteiger partial charge in [-0.2, -0.15) is 5.10 Å². The van der Waals surface area contributed by atoms with E-state index in [9.17, 15) is 14.4 Å². The molecule has 0 aliphatic rings. The molecule has 0 aliphatic carbocycles. The number of hydrazine groups is 1. The van der Waals surface area contributed by atoms with Crippen LogP contribution in [0, 0.1) is 13.8 Å². The Bertz CT molecular complexity index is 1140. The Morgan fingerprint density at radius 3 is 2.41 bits per heavy atom. The van der Waals surface area contributed by atoms with Crippen LogP contribution in [0.2, 0.25) is 0 Å². The Morgan fingerprint density at radius 2 is 1.72 bits per heavy atom. The summed E-state index contributed by atoms with van der Waals surface area (Å²) in [6.07, 6.45) is 0. The van der Waals surface area contributed by atoms with Gasteiger partial charge in [-0.25, -0.2) is 14.9 Å². The molecule has 0 atom stereocenters. The van der Waals surface area contributed by atoms with E-state index in [1.165, 1.54) is 0 Å². The number of hydrogen-bond donors (Lipinski definition) is 3. The summed E-state index contributed by atoms with van der Waals surface area (Å²) in [5.41, 5.74) is 7.86. The molecule has 2 aromatic carbocycles.